The van der Waals surface area contributed by atoms with Crippen molar-refractivity contribution in [2.24, 2.45) is 5.73 Å². The highest BCUT2D eigenvalue weighted by atomic mass is 32.2. The van der Waals surface area contributed by atoms with Gasteiger partial charge in [-0.1, -0.05) is 26.0 Å². The third kappa shape index (κ3) is 2.99. The number of sulfonamides is 1. The van der Waals surface area contributed by atoms with Crippen molar-refractivity contribution in [1.82, 2.24) is 4.31 Å². The highest BCUT2D eigenvalue weighted by Crippen LogP contribution is 2.24. The van der Waals surface area contributed by atoms with E-state index in [0.717, 1.165) is 12.8 Å². The normalized spacial score (nSPS) is 22.6. The smallest absolute Gasteiger partial charge is 0.243 e. The van der Waals surface area contributed by atoms with E-state index in [4.69, 9.17) is 5.73 Å². The Morgan fingerprint density at radius 2 is 2.00 bits per heavy atom. The van der Waals surface area contributed by atoms with Gasteiger partial charge in [0.15, 0.2) is 0 Å². The van der Waals surface area contributed by atoms with Crippen molar-refractivity contribution in [2.45, 2.75) is 43.5 Å². The van der Waals surface area contributed by atoms with Gasteiger partial charge in [-0.2, -0.15) is 4.31 Å². The van der Waals surface area contributed by atoms with Crippen molar-refractivity contribution >= 4 is 10.0 Å². The zero-order valence-corrected chi connectivity index (χ0v) is 12.4. The van der Waals surface area contributed by atoms with Crippen LogP contribution in [0.1, 0.15) is 38.2 Å². The summed E-state index contributed by atoms with van der Waals surface area (Å²) in [5.41, 5.74) is 6.96. The lowest BCUT2D eigenvalue weighted by atomic mass is 9.99. The van der Waals surface area contributed by atoms with Crippen molar-refractivity contribution in [3.8, 4) is 0 Å². The van der Waals surface area contributed by atoms with Crippen molar-refractivity contribution in [2.75, 3.05) is 13.1 Å². The van der Waals surface area contributed by atoms with E-state index in [-0.39, 0.29) is 6.04 Å². The molecule has 19 heavy (non-hydrogen) atoms. The molecule has 1 heterocycles. The number of nitrogens with two attached hydrogens (primary N) is 1. The Balaban J connectivity index is 2.22. The molecular weight excluding hydrogens is 260 g/mol. The first-order valence-electron chi connectivity index (χ1n) is 6.81. The Hall–Kier alpha value is -0.910. The van der Waals surface area contributed by atoms with Crippen LogP contribution in [0.4, 0.5) is 0 Å². The van der Waals surface area contributed by atoms with Crippen molar-refractivity contribution in [3.63, 3.8) is 0 Å². The fourth-order valence-corrected chi connectivity index (χ4v) is 3.84. The van der Waals surface area contributed by atoms with E-state index in [1.54, 1.807) is 12.1 Å². The number of benzene rings is 1. The second kappa shape index (κ2) is 5.61. The quantitative estimate of drug-likeness (QED) is 0.917. The molecule has 2 atom stereocenters. The standard InChI is InChI=1S/C14H22N2O2S/c1-3-11(2)12-4-6-14(7-5-12)19(17,18)16-9-8-13(15)10-16/h4-7,11,13H,3,8-10,15H2,1-2H3/t11?,13-/m0/s1. The summed E-state index contributed by atoms with van der Waals surface area (Å²) in [5, 5.41) is 0. The molecule has 5 heteroatoms. The number of hydrogen-bond donors (Lipinski definition) is 1. The van der Waals surface area contributed by atoms with Crippen LogP contribution in [0.2, 0.25) is 0 Å². The first kappa shape index (κ1) is 14.5. The van der Waals surface area contributed by atoms with Gasteiger partial charge in [-0.15, -0.1) is 0 Å². The van der Waals surface area contributed by atoms with Gasteiger partial charge in [0.25, 0.3) is 0 Å². The fraction of sp³-hybridized carbons (Fsp3) is 0.571. The molecule has 2 N–H and O–H groups in total. The molecule has 0 aromatic heterocycles. The van der Waals surface area contributed by atoms with Crippen molar-refractivity contribution < 1.29 is 8.42 Å². The maximum Gasteiger partial charge on any atom is 0.243 e. The van der Waals surface area contributed by atoms with Crippen LogP contribution in [0.25, 0.3) is 0 Å². The maximum atomic E-state index is 12.4. The van der Waals surface area contributed by atoms with Crippen LogP contribution < -0.4 is 5.73 Å². The van der Waals surface area contributed by atoms with E-state index in [9.17, 15) is 8.42 Å². The van der Waals surface area contributed by atoms with Crippen LogP contribution in [-0.2, 0) is 10.0 Å². The minimum absolute atomic E-state index is 0.0332. The number of rotatable bonds is 4. The molecule has 1 aliphatic heterocycles. The average molecular weight is 282 g/mol. The summed E-state index contributed by atoms with van der Waals surface area (Å²) in [7, 11) is -3.37. The molecule has 0 radical (unpaired) electrons. The molecule has 1 unspecified atom stereocenters. The van der Waals surface area contributed by atoms with Gasteiger partial charge in [-0.05, 0) is 36.5 Å². The summed E-state index contributed by atoms with van der Waals surface area (Å²) in [5.74, 6) is 0.456. The predicted octanol–water partition coefficient (Wildman–Crippen LogP) is 1.92. The predicted molar refractivity (Wildman–Crippen MR) is 76.5 cm³/mol. The highest BCUT2D eigenvalue weighted by molar-refractivity contribution is 7.89. The zero-order valence-electron chi connectivity index (χ0n) is 11.5. The minimum atomic E-state index is -3.37. The lowest BCUT2D eigenvalue weighted by Gasteiger charge is -2.16. The molecule has 1 aromatic carbocycles. The molecule has 1 aromatic rings. The third-order valence-electron chi connectivity index (χ3n) is 3.89. The van der Waals surface area contributed by atoms with E-state index >= 15 is 0 Å². The summed E-state index contributed by atoms with van der Waals surface area (Å²) in [6.45, 7) is 5.22. The molecule has 0 bridgehead atoms. The minimum Gasteiger partial charge on any atom is -0.326 e. The first-order chi connectivity index (χ1) is 8.95. The van der Waals surface area contributed by atoms with Crippen LogP contribution in [0.3, 0.4) is 0 Å². The Morgan fingerprint density at radius 3 is 2.47 bits per heavy atom. The van der Waals surface area contributed by atoms with Crippen LogP contribution in [0, 0.1) is 0 Å². The van der Waals surface area contributed by atoms with Crippen molar-refractivity contribution in [1.29, 1.82) is 0 Å². The summed E-state index contributed by atoms with van der Waals surface area (Å²) < 4.78 is 26.3. The Bertz CT molecular complexity index is 525. The van der Waals surface area contributed by atoms with Gasteiger partial charge in [-0.3, -0.25) is 0 Å². The first-order valence-corrected chi connectivity index (χ1v) is 8.25. The highest BCUT2D eigenvalue weighted by Gasteiger charge is 2.30. The van der Waals surface area contributed by atoms with Crippen LogP contribution >= 0.6 is 0 Å². The van der Waals surface area contributed by atoms with Gasteiger partial charge in [0.05, 0.1) is 4.90 Å². The second-order valence-corrected chi connectivity index (χ2v) is 7.23. The van der Waals surface area contributed by atoms with E-state index in [0.29, 0.717) is 23.9 Å². The van der Waals surface area contributed by atoms with Gasteiger partial charge >= 0.3 is 0 Å². The topological polar surface area (TPSA) is 63.4 Å². The molecular formula is C14H22N2O2S. The van der Waals surface area contributed by atoms with Crippen LogP contribution in [0.15, 0.2) is 29.2 Å². The molecule has 0 saturated carbocycles. The van der Waals surface area contributed by atoms with E-state index < -0.39 is 10.0 Å². The zero-order chi connectivity index (χ0) is 14.0. The molecule has 1 aliphatic rings. The molecule has 1 saturated heterocycles. The van der Waals surface area contributed by atoms with E-state index in [2.05, 4.69) is 13.8 Å². The largest absolute Gasteiger partial charge is 0.326 e. The number of nitrogens with zero attached hydrogens (tertiary/aromatic N) is 1. The molecule has 0 aliphatic carbocycles. The number of hydrogen-bond acceptors (Lipinski definition) is 3. The molecule has 0 amide bonds. The van der Waals surface area contributed by atoms with Gasteiger partial charge in [0.1, 0.15) is 0 Å². The summed E-state index contributed by atoms with van der Waals surface area (Å²) in [4.78, 5) is 0.369. The van der Waals surface area contributed by atoms with E-state index in [1.165, 1.54) is 9.87 Å². The third-order valence-corrected chi connectivity index (χ3v) is 5.77. The van der Waals surface area contributed by atoms with Gasteiger partial charge in [0.2, 0.25) is 10.0 Å². The Kier molecular flexibility index (Phi) is 4.28. The van der Waals surface area contributed by atoms with Gasteiger partial charge in [-0.25, -0.2) is 8.42 Å². The lowest BCUT2D eigenvalue weighted by molar-refractivity contribution is 0.472. The summed E-state index contributed by atoms with van der Waals surface area (Å²) in [6, 6.07) is 7.21. The lowest BCUT2D eigenvalue weighted by Crippen LogP contribution is -2.31. The van der Waals surface area contributed by atoms with Gasteiger partial charge < -0.3 is 5.73 Å². The Labute approximate surface area is 115 Å². The molecule has 2 rings (SSSR count). The van der Waals surface area contributed by atoms with E-state index in [1.807, 2.05) is 12.1 Å². The average Bonchev–Trinajstić information content (AvgIpc) is 2.85. The maximum absolute atomic E-state index is 12.4. The SMILES string of the molecule is CCC(C)c1ccc(S(=O)(=O)N2CC[C@H](N)C2)cc1. The van der Waals surface area contributed by atoms with Crippen molar-refractivity contribution in [3.05, 3.63) is 29.8 Å². The fourth-order valence-electron chi connectivity index (χ4n) is 2.33. The Morgan fingerprint density at radius 1 is 1.37 bits per heavy atom. The molecule has 4 nitrogen and oxygen atoms in total. The van der Waals surface area contributed by atoms with Crippen LogP contribution in [0.5, 0.6) is 0 Å². The van der Waals surface area contributed by atoms with Crippen LogP contribution in [-0.4, -0.2) is 31.9 Å². The molecule has 106 valence electrons. The monoisotopic (exact) mass is 282 g/mol. The van der Waals surface area contributed by atoms with Gasteiger partial charge in [0, 0.05) is 19.1 Å². The summed E-state index contributed by atoms with van der Waals surface area (Å²) in [6.07, 6.45) is 1.79. The second-order valence-electron chi connectivity index (χ2n) is 5.29. The summed E-state index contributed by atoms with van der Waals surface area (Å²) >= 11 is 0. The molecule has 1 fully saturated rings. The molecule has 0 spiro atoms.